The molecule has 2 N–H and O–H groups in total. The first-order valence-corrected chi connectivity index (χ1v) is 5.28. The molecule has 0 aromatic heterocycles. The Morgan fingerprint density at radius 1 is 1.57 bits per heavy atom. The molecule has 0 aromatic carbocycles. The second-order valence-corrected chi connectivity index (χ2v) is 3.64. The largest absolute Gasteiger partial charge is 0.461 e. The lowest BCUT2D eigenvalue weighted by atomic mass is 10.1. The van der Waals surface area contributed by atoms with Crippen LogP contribution in [-0.4, -0.2) is 31.3 Å². The van der Waals surface area contributed by atoms with Gasteiger partial charge in [-0.05, 0) is 6.42 Å². The van der Waals surface area contributed by atoms with E-state index in [-0.39, 0.29) is 12.1 Å². The van der Waals surface area contributed by atoms with Crippen LogP contribution < -0.4 is 5.73 Å². The summed E-state index contributed by atoms with van der Waals surface area (Å²) in [6.07, 6.45) is 3.21. The predicted molar refractivity (Wildman–Crippen MR) is 52.8 cm³/mol. The maximum atomic E-state index is 11.4. The van der Waals surface area contributed by atoms with Gasteiger partial charge in [-0.1, -0.05) is 13.3 Å². The van der Waals surface area contributed by atoms with Crippen molar-refractivity contribution in [1.29, 1.82) is 0 Å². The minimum absolute atomic E-state index is 0.0131. The monoisotopic (exact) mass is 201 g/mol. The van der Waals surface area contributed by atoms with E-state index in [1.165, 1.54) is 0 Å². The van der Waals surface area contributed by atoms with Crippen LogP contribution in [0.4, 0.5) is 0 Å². The highest BCUT2D eigenvalue weighted by atomic mass is 16.6. The summed E-state index contributed by atoms with van der Waals surface area (Å²) in [5, 5.41) is 0. The lowest BCUT2D eigenvalue weighted by Crippen LogP contribution is -2.36. The maximum Gasteiger partial charge on any atom is 0.323 e. The molecule has 1 fully saturated rings. The van der Waals surface area contributed by atoms with E-state index in [1.807, 2.05) is 6.92 Å². The zero-order valence-electron chi connectivity index (χ0n) is 8.70. The highest BCUT2D eigenvalue weighted by Gasteiger charge is 2.21. The average molecular weight is 201 g/mol. The van der Waals surface area contributed by atoms with Crippen LogP contribution in [-0.2, 0) is 14.3 Å². The molecule has 0 amide bonds. The topological polar surface area (TPSA) is 61.6 Å². The number of esters is 1. The molecule has 0 aliphatic carbocycles. The van der Waals surface area contributed by atoms with Crippen molar-refractivity contribution in [3.8, 4) is 0 Å². The van der Waals surface area contributed by atoms with E-state index in [0.717, 1.165) is 19.3 Å². The Bertz CT molecular complexity index is 178. The fraction of sp³-hybridized carbons (Fsp3) is 0.900. The van der Waals surface area contributed by atoms with Crippen LogP contribution in [0, 0.1) is 0 Å². The van der Waals surface area contributed by atoms with Gasteiger partial charge in [0, 0.05) is 12.8 Å². The molecule has 0 aromatic rings. The number of nitrogens with two attached hydrogens (primary N) is 1. The van der Waals surface area contributed by atoms with Gasteiger partial charge < -0.3 is 15.2 Å². The predicted octanol–water partition coefficient (Wildman–Crippen LogP) is 0.836. The van der Waals surface area contributed by atoms with Crippen LogP contribution >= 0.6 is 0 Å². The van der Waals surface area contributed by atoms with Gasteiger partial charge in [0.1, 0.15) is 12.1 Å². The van der Waals surface area contributed by atoms with E-state index >= 15 is 0 Å². The summed E-state index contributed by atoms with van der Waals surface area (Å²) < 4.78 is 10.4. The third kappa shape index (κ3) is 3.64. The molecule has 1 aliphatic rings. The maximum absolute atomic E-state index is 11.4. The minimum atomic E-state index is -0.456. The van der Waals surface area contributed by atoms with Gasteiger partial charge >= 0.3 is 5.97 Å². The highest BCUT2D eigenvalue weighted by molar-refractivity contribution is 5.75. The second kappa shape index (κ2) is 5.98. The first-order chi connectivity index (χ1) is 6.74. The number of hydrogen-bond acceptors (Lipinski definition) is 4. The quantitative estimate of drug-likeness (QED) is 0.684. The van der Waals surface area contributed by atoms with E-state index in [9.17, 15) is 4.79 Å². The van der Waals surface area contributed by atoms with Crippen LogP contribution in [0.2, 0.25) is 0 Å². The van der Waals surface area contributed by atoms with E-state index in [0.29, 0.717) is 19.6 Å². The molecule has 0 unspecified atom stereocenters. The van der Waals surface area contributed by atoms with Crippen LogP contribution in [0.3, 0.4) is 0 Å². The van der Waals surface area contributed by atoms with Crippen molar-refractivity contribution in [2.75, 3.05) is 13.2 Å². The van der Waals surface area contributed by atoms with Gasteiger partial charge in [-0.2, -0.15) is 0 Å². The van der Waals surface area contributed by atoms with E-state index in [1.54, 1.807) is 0 Å². The molecule has 0 saturated carbocycles. The van der Waals surface area contributed by atoms with Gasteiger partial charge in [0.15, 0.2) is 0 Å². The summed E-state index contributed by atoms with van der Waals surface area (Å²) in [6, 6.07) is -0.456. The zero-order valence-corrected chi connectivity index (χ0v) is 8.70. The molecule has 14 heavy (non-hydrogen) atoms. The van der Waals surface area contributed by atoms with Crippen molar-refractivity contribution in [1.82, 2.24) is 0 Å². The number of hydrogen-bond donors (Lipinski definition) is 1. The molecule has 0 spiro atoms. The van der Waals surface area contributed by atoms with Crippen LogP contribution in [0.5, 0.6) is 0 Å². The molecule has 4 nitrogen and oxygen atoms in total. The Hall–Kier alpha value is -0.610. The fourth-order valence-electron chi connectivity index (χ4n) is 1.47. The Morgan fingerprint density at radius 2 is 2.21 bits per heavy atom. The number of carbonyl (C=O) groups excluding carboxylic acids is 1. The second-order valence-electron chi connectivity index (χ2n) is 3.64. The Morgan fingerprint density at radius 3 is 2.79 bits per heavy atom. The van der Waals surface area contributed by atoms with Gasteiger partial charge in [-0.15, -0.1) is 0 Å². The van der Waals surface area contributed by atoms with E-state index < -0.39 is 6.04 Å². The summed E-state index contributed by atoms with van der Waals surface area (Å²) in [5.41, 5.74) is 5.64. The number of ether oxygens (including phenoxy) is 2. The summed E-state index contributed by atoms with van der Waals surface area (Å²) in [5.74, 6) is -0.265. The van der Waals surface area contributed by atoms with Crippen molar-refractivity contribution >= 4 is 5.97 Å². The standard InChI is InChI=1S/C10H19NO3/c1-2-3-9(11)10(12)14-8-4-6-13-7-5-8/h8-9H,2-7,11H2,1H3/t9-/m1/s1. The molecule has 1 aliphatic heterocycles. The third-order valence-corrected chi connectivity index (χ3v) is 2.35. The van der Waals surface area contributed by atoms with Crippen molar-refractivity contribution in [3.05, 3.63) is 0 Å². The minimum Gasteiger partial charge on any atom is -0.461 e. The van der Waals surface area contributed by atoms with Crippen molar-refractivity contribution in [3.63, 3.8) is 0 Å². The smallest absolute Gasteiger partial charge is 0.323 e. The van der Waals surface area contributed by atoms with E-state index in [4.69, 9.17) is 15.2 Å². The Kier molecular flexibility index (Phi) is 4.90. The molecule has 0 bridgehead atoms. The molecule has 1 atom stereocenters. The van der Waals surface area contributed by atoms with Crippen LogP contribution in [0.15, 0.2) is 0 Å². The number of rotatable bonds is 4. The highest BCUT2D eigenvalue weighted by Crippen LogP contribution is 2.11. The molecule has 82 valence electrons. The normalized spacial score (nSPS) is 20.4. The molecular weight excluding hydrogens is 182 g/mol. The molecule has 4 heteroatoms. The van der Waals surface area contributed by atoms with Crippen molar-refractivity contribution in [2.24, 2.45) is 5.73 Å². The van der Waals surface area contributed by atoms with Crippen LogP contribution in [0.1, 0.15) is 32.6 Å². The molecule has 0 radical (unpaired) electrons. The van der Waals surface area contributed by atoms with Gasteiger partial charge in [-0.3, -0.25) is 4.79 Å². The van der Waals surface area contributed by atoms with Gasteiger partial charge in [-0.25, -0.2) is 0 Å². The summed E-state index contributed by atoms with van der Waals surface area (Å²) in [4.78, 5) is 11.4. The summed E-state index contributed by atoms with van der Waals surface area (Å²) in [6.45, 7) is 3.36. The summed E-state index contributed by atoms with van der Waals surface area (Å²) >= 11 is 0. The Balaban J connectivity index is 2.24. The van der Waals surface area contributed by atoms with Crippen molar-refractivity contribution in [2.45, 2.75) is 44.8 Å². The van der Waals surface area contributed by atoms with Gasteiger partial charge in [0.05, 0.1) is 13.2 Å². The lowest BCUT2D eigenvalue weighted by molar-refractivity contribution is -0.154. The van der Waals surface area contributed by atoms with Crippen LogP contribution in [0.25, 0.3) is 0 Å². The molecular formula is C10H19NO3. The SMILES string of the molecule is CCC[C@@H](N)C(=O)OC1CCOCC1. The fourth-order valence-corrected chi connectivity index (χ4v) is 1.47. The first-order valence-electron chi connectivity index (χ1n) is 5.28. The zero-order chi connectivity index (χ0) is 10.4. The van der Waals surface area contributed by atoms with Crippen molar-refractivity contribution < 1.29 is 14.3 Å². The first kappa shape index (κ1) is 11.5. The molecule has 1 saturated heterocycles. The third-order valence-electron chi connectivity index (χ3n) is 2.35. The molecule has 1 heterocycles. The van der Waals surface area contributed by atoms with Gasteiger partial charge in [0.25, 0.3) is 0 Å². The lowest BCUT2D eigenvalue weighted by Gasteiger charge is -2.23. The van der Waals surface area contributed by atoms with Gasteiger partial charge in [0.2, 0.25) is 0 Å². The average Bonchev–Trinajstić information content (AvgIpc) is 2.19. The Labute approximate surface area is 84.7 Å². The summed E-state index contributed by atoms with van der Waals surface area (Å²) in [7, 11) is 0. The number of carbonyl (C=O) groups is 1. The van der Waals surface area contributed by atoms with E-state index in [2.05, 4.69) is 0 Å². The molecule has 1 rings (SSSR count).